The van der Waals surface area contributed by atoms with Crippen LogP contribution in [0.3, 0.4) is 0 Å². The van der Waals surface area contributed by atoms with E-state index in [4.69, 9.17) is 9.47 Å². The minimum atomic E-state index is -4.61. The van der Waals surface area contributed by atoms with Gasteiger partial charge in [0.1, 0.15) is 11.5 Å². The fraction of sp³-hybridized carbons (Fsp3) is 0.235. The first-order valence-electron chi connectivity index (χ1n) is 14.2. The largest absolute Gasteiger partial charge is 0.497 e. The van der Waals surface area contributed by atoms with Gasteiger partial charge in [0.25, 0.3) is 11.8 Å². The molecule has 2 amide bonds. The topological polar surface area (TPSA) is 71.1 Å². The van der Waals surface area contributed by atoms with Crippen LogP contribution in [0, 0.1) is 0 Å². The zero-order valence-corrected chi connectivity index (χ0v) is 24.4. The fourth-order valence-electron chi connectivity index (χ4n) is 5.07. The van der Waals surface area contributed by atoms with E-state index < -0.39 is 17.6 Å². The zero-order valence-electron chi connectivity index (χ0n) is 24.4. The number of hydrogen-bond acceptors (Lipinski definition) is 5. The molecule has 44 heavy (non-hydrogen) atoms. The van der Waals surface area contributed by atoms with Crippen LogP contribution in [0.5, 0.6) is 11.5 Å². The Bertz CT molecular complexity index is 1610. The van der Waals surface area contributed by atoms with Gasteiger partial charge < -0.3 is 24.6 Å². The van der Waals surface area contributed by atoms with E-state index in [1.165, 1.54) is 6.07 Å². The molecule has 0 radical (unpaired) electrons. The molecule has 1 fully saturated rings. The van der Waals surface area contributed by atoms with Gasteiger partial charge in [-0.05, 0) is 96.9 Å². The van der Waals surface area contributed by atoms with Crippen LogP contribution < -0.4 is 19.7 Å². The summed E-state index contributed by atoms with van der Waals surface area (Å²) in [6.45, 7) is 3.91. The van der Waals surface area contributed by atoms with Crippen LogP contribution in [0.1, 0.15) is 33.2 Å². The van der Waals surface area contributed by atoms with Crippen molar-refractivity contribution >= 4 is 23.2 Å². The van der Waals surface area contributed by atoms with Gasteiger partial charge in [-0.1, -0.05) is 12.1 Å². The number of alkyl halides is 3. The molecule has 4 aromatic rings. The number of nitrogens with zero attached hydrogens (tertiary/aromatic N) is 2. The number of anilines is 2. The Morgan fingerprint density at radius 2 is 1.50 bits per heavy atom. The van der Waals surface area contributed by atoms with Crippen molar-refractivity contribution < 1.29 is 32.2 Å². The number of carbonyl (C=O) groups excluding carboxylic acids is 2. The third-order valence-corrected chi connectivity index (χ3v) is 7.40. The van der Waals surface area contributed by atoms with Crippen LogP contribution in [-0.2, 0) is 6.18 Å². The molecular formula is C34H32F3N3O4. The highest BCUT2D eigenvalue weighted by Gasteiger charge is 2.33. The standard InChI is InChI=1S/C34H32F3N3O4/c1-3-44-31-6-4-5-24(22-31)25-19-26(21-27(20-25)34(35,36)37)33(42)40-17-15-39(16-18-40)29-11-7-23(8-12-29)32(41)38-28-9-13-30(43-2)14-10-28/h4-14,19-22H,3,15-18H2,1-2H3,(H,38,41). The number of ether oxygens (including phenoxy) is 2. The van der Waals surface area contributed by atoms with Gasteiger partial charge >= 0.3 is 6.18 Å². The van der Waals surface area contributed by atoms with E-state index in [1.54, 1.807) is 72.7 Å². The summed E-state index contributed by atoms with van der Waals surface area (Å²) in [5.74, 6) is 0.528. The number of amides is 2. The molecule has 1 aliphatic heterocycles. The van der Waals surface area contributed by atoms with Crippen molar-refractivity contribution in [3.8, 4) is 22.6 Å². The lowest BCUT2D eigenvalue weighted by Crippen LogP contribution is -2.48. The van der Waals surface area contributed by atoms with Gasteiger partial charge in [-0.3, -0.25) is 9.59 Å². The zero-order chi connectivity index (χ0) is 31.3. The van der Waals surface area contributed by atoms with Crippen molar-refractivity contribution in [3.63, 3.8) is 0 Å². The van der Waals surface area contributed by atoms with Crippen LogP contribution in [0.2, 0.25) is 0 Å². The first-order valence-corrected chi connectivity index (χ1v) is 14.2. The molecule has 0 atom stereocenters. The number of methoxy groups -OCH3 is 1. The maximum Gasteiger partial charge on any atom is 0.416 e. The number of carbonyl (C=O) groups is 2. The molecule has 7 nitrogen and oxygen atoms in total. The number of nitrogens with one attached hydrogen (secondary N) is 1. The normalized spacial score (nSPS) is 13.4. The van der Waals surface area contributed by atoms with Gasteiger partial charge in [-0.25, -0.2) is 0 Å². The quantitative estimate of drug-likeness (QED) is 0.235. The van der Waals surface area contributed by atoms with Crippen molar-refractivity contribution in [1.82, 2.24) is 4.90 Å². The average molecular weight is 604 g/mol. The molecule has 1 N–H and O–H groups in total. The van der Waals surface area contributed by atoms with Gasteiger partial charge in [0, 0.05) is 48.7 Å². The number of halogens is 3. The highest BCUT2D eigenvalue weighted by molar-refractivity contribution is 6.04. The van der Waals surface area contributed by atoms with Crippen molar-refractivity contribution in [2.45, 2.75) is 13.1 Å². The average Bonchev–Trinajstić information content (AvgIpc) is 3.04. The summed E-state index contributed by atoms with van der Waals surface area (Å²) in [7, 11) is 1.57. The van der Waals surface area contributed by atoms with Crippen molar-refractivity contribution in [2.24, 2.45) is 0 Å². The third kappa shape index (κ3) is 7.14. The van der Waals surface area contributed by atoms with Gasteiger partial charge in [0.2, 0.25) is 0 Å². The first kappa shape index (κ1) is 30.5. The lowest BCUT2D eigenvalue weighted by atomic mass is 9.98. The predicted octanol–water partition coefficient (Wildman–Crippen LogP) is 6.99. The number of rotatable bonds is 8. The Balaban J connectivity index is 1.25. The minimum absolute atomic E-state index is 0.0164. The van der Waals surface area contributed by atoms with E-state index in [1.807, 2.05) is 19.1 Å². The monoisotopic (exact) mass is 603 g/mol. The van der Waals surface area contributed by atoms with E-state index in [0.29, 0.717) is 66.7 Å². The summed E-state index contributed by atoms with van der Waals surface area (Å²) < 4.78 is 52.2. The summed E-state index contributed by atoms with van der Waals surface area (Å²) >= 11 is 0. The smallest absolute Gasteiger partial charge is 0.416 e. The number of hydrogen-bond donors (Lipinski definition) is 1. The highest BCUT2D eigenvalue weighted by atomic mass is 19.4. The van der Waals surface area contributed by atoms with E-state index in [0.717, 1.165) is 17.8 Å². The Morgan fingerprint density at radius 1 is 0.795 bits per heavy atom. The molecule has 1 aliphatic rings. The van der Waals surface area contributed by atoms with Gasteiger partial charge in [-0.2, -0.15) is 13.2 Å². The summed E-state index contributed by atoms with van der Waals surface area (Å²) in [5.41, 5.74) is 1.94. The summed E-state index contributed by atoms with van der Waals surface area (Å²) in [4.78, 5) is 29.8. The van der Waals surface area contributed by atoms with Crippen molar-refractivity contribution in [1.29, 1.82) is 0 Å². The lowest BCUT2D eigenvalue weighted by molar-refractivity contribution is -0.137. The second kappa shape index (κ2) is 13.1. The molecule has 0 aromatic heterocycles. The molecule has 0 spiro atoms. The van der Waals surface area contributed by atoms with Crippen molar-refractivity contribution in [2.75, 3.05) is 50.1 Å². The summed E-state index contributed by atoms with van der Waals surface area (Å²) in [6.07, 6.45) is -4.61. The molecule has 5 rings (SSSR count). The Morgan fingerprint density at radius 3 is 2.14 bits per heavy atom. The van der Waals surface area contributed by atoms with Gasteiger partial charge in [0.05, 0.1) is 19.3 Å². The van der Waals surface area contributed by atoms with Crippen LogP contribution >= 0.6 is 0 Å². The third-order valence-electron chi connectivity index (χ3n) is 7.40. The van der Waals surface area contributed by atoms with E-state index in [2.05, 4.69) is 10.2 Å². The van der Waals surface area contributed by atoms with Crippen LogP contribution in [0.15, 0.2) is 91.0 Å². The Kier molecular flexibility index (Phi) is 9.08. The predicted molar refractivity (Wildman–Crippen MR) is 164 cm³/mol. The summed E-state index contributed by atoms with van der Waals surface area (Å²) in [5, 5.41) is 2.85. The molecule has 228 valence electrons. The second-order valence-electron chi connectivity index (χ2n) is 10.3. The molecular weight excluding hydrogens is 571 g/mol. The van der Waals surface area contributed by atoms with Crippen molar-refractivity contribution in [3.05, 3.63) is 108 Å². The summed E-state index contributed by atoms with van der Waals surface area (Å²) in [6, 6.07) is 24.5. The molecule has 0 unspecified atom stereocenters. The SMILES string of the molecule is CCOc1cccc(-c2cc(C(=O)N3CCN(c4ccc(C(=O)Nc5ccc(OC)cc5)cc4)CC3)cc(C(F)(F)F)c2)c1. The molecule has 0 aliphatic carbocycles. The van der Waals surface area contributed by atoms with E-state index in [-0.39, 0.29) is 11.5 Å². The number of piperazine rings is 1. The molecule has 4 aromatic carbocycles. The fourth-order valence-corrected chi connectivity index (χ4v) is 5.07. The minimum Gasteiger partial charge on any atom is -0.497 e. The first-order chi connectivity index (χ1) is 21.1. The highest BCUT2D eigenvalue weighted by Crippen LogP contribution is 2.35. The molecule has 0 bridgehead atoms. The maximum atomic E-state index is 13.8. The molecule has 10 heteroatoms. The lowest BCUT2D eigenvalue weighted by Gasteiger charge is -2.36. The van der Waals surface area contributed by atoms with Crippen LogP contribution in [0.4, 0.5) is 24.5 Å². The number of benzene rings is 4. The maximum absolute atomic E-state index is 13.8. The Labute approximate surface area is 253 Å². The van der Waals surface area contributed by atoms with Crippen LogP contribution in [0.25, 0.3) is 11.1 Å². The Hall–Kier alpha value is -4.99. The van der Waals surface area contributed by atoms with Crippen LogP contribution in [-0.4, -0.2) is 56.6 Å². The molecule has 1 heterocycles. The van der Waals surface area contributed by atoms with Gasteiger partial charge in [-0.15, -0.1) is 0 Å². The van der Waals surface area contributed by atoms with E-state index in [9.17, 15) is 22.8 Å². The second-order valence-corrected chi connectivity index (χ2v) is 10.3. The van der Waals surface area contributed by atoms with E-state index >= 15 is 0 Å². The van der Waals surface area contributed by atoms with Gasteiger partial charge in [0.15, 0.2) is 0 Å². The molecule has 1 saturated heterocycles. The molecule has 0 saturated carbocycles.